The Morgan fingerprint density at radius 3 is 2.48 bits per heavy atom. The van der Waals surface area contributed by atoms with Crippen LogP contribution in [0.1, 0.15) is 65.9 Å². The molecule has 2 aromatic carbocycles. The number of ether oxygens (including phenoxy) is 1. The van der Waals surface area contributed by atoms with Crippen molar-refractivity contribution in [1.82, 2.24) is 24.9 Å². The van der Waals surface area contributed by atoms with Gasteiger partial charge in [-0.05, 0) is 36.1 Å². The number of nitriles is 1. The summed E-state index contributed by atoms with van der Waals surface area (Å²) in [5.41, 5.74) is 7.70. The number of carbonyl (C=O) groups excluding carboxylic acids is 3. The molecule has 0 radical (unpaired) electrons. The first kappa shape index (κ1) is 28.1. The number of amides is 2. The number of para-hydroxylation sites is 1. The van der Waals surface area contributed by atoms with Crippen molar-refractivity contribution in [2.75, 3.05) is 6.61 Å². The highest BCUT2D eigenvalue weighted by atomic mass is 16.5. The zero-order chi connectivity index (χ0) is 29.0. The molecule has 206 valence electrons. The zero-order valence-electron chi connectivity index (χ0n) is 22.6. The summed E-state index contributed by atoms with van der Waals surface area (Å²) in [4.78, 5) is 40.5. The molecule has 0 spiro atoms. The second kappa shape index (κ2) is 11.5. The predicted octanol–water partition coefficient (Wildman–Crippen LogP) is 3.06. The molecule has 12 nitrogen and oxygen atoms in total. The van der Waals surface area contributed by atoms with E-state index in [0.717, 1.165) is 10.5 Å². The number of carbonyl (C=O) groups is 3. The van der Waals surface area contributed by atoms with Crippen molar-refractivity contribution in [2.24, 2.45) is 11.1 Å². The molecule has 2 heterocycles. The SMILES string of the molecule is CCOC(=O)c1nnc(CN(C(=O)c2nn(Cc3ccc(C#N)cc3)c3ccccc23)C(=O)[C@@H](N)C(C)(C)C)o1. The number of nitrogens with zero attached hydrogens (tertiary/aromatic N) is 6. The fourth-order valence-corrected chi connectivity index (χ4v) is 3.91. The van der Waals surface area contributed by atoms with Crippen LogP contribution in [0.25, 0.3) is 10.9 Å². The van der Waals surface area contributed by atoms with E-state index in [-0.39, 0.29) is 18.2 Å². The van der Waals surface area contributed by atoms with Gasteiger partial charge >= 0.3 is 11.9 Å². The van der Waals surface area contributed by atoms with Crippen LogP contribution in [0.15, 0.2) is 52.9 Å². The molecule has 0 aliphatic carbocycles. The van der Waals surface area contributed by atoms with E-state index in [2.05, 4.69) is 21.4 Å². The lowest BCUT2D eigenvalue weighted by Crippen LogP contribution is -2.52. The van der Waals surface area contributed by atoms with Crippen LogP contribution in [0.4, 0.5) is 0 Å². The van der Waals surface area contributed by atoms with E-state index < -0.39 is 41.7 Å². The van der Waals surface area contributed by atoms with Gasteiger partial charge in [-0.1, -0.05) is 51.1 Å². The summed E-state index contributed by atoms with van der Waals surface area (Å²) in [5, 5.41) is 21.7. The highest BCUT2D eigenvalue weighted by molar-refractivity contribution is 6.11. The molecule has 0 unspecified atom stereocenters. The second-order valence-electron chi connectivity index (χ2n) is 10.1. The third-order valence-electron chi connectivity index (χ3n) is 6.20. The second-order valence-corrected chi connectivity index (χ2v) is 10.1. The quantitative estimate of drug-likeness (QED) is 0.326. The zero-order valence-corrected chi connectivity index (χ0v) is 22.6. The van der Waals surface area contributed by atoms with Crippen LogP contribution in [0, 0.1) is 16.7 Å². The molecule has 0 aliphatic heterocycles. The molecular weight excluding hydrogens is 514 g/mol. The lowest BCUT2D eigenvalue weighted by Gasteiger charge is -2.30. The third-order valence-corrected chi connectivity index (χ3v) is 6.20. The molecule has 4 aromatic rings. The Labute approximate surface area is 230 Å². The first-order valence-corrected chi connectivity index (χ1v) is 12.6. The predicted molar refractivity (Wildman–Crippen MR) is 143 cm³/mol. The van der Waals surface area contributed by atoms with Crippen molar-refractivity contribution < 1.29 is 23.5 Å². The van der Waals surface area contributed by atoms with Crippen LogP contribution < -0.4 is 5.73 Å². The number of fused-ring (bicyclic) bond motifs is 1. The van der Waals surface area contributed by atoms with E-state index in [9.17, 15) is 14.4 Å². The lowest BCUT2D eigenvalue weighted by molar-refractivity contribution is -0.133. The van der Waals surface area contributed by atoms with Gasteiger partial charge in [-0.2, -0.15) is 10.4 Å². The van der Waals surface area contributed by atoms with Crippen molar-refractivity contribution in [3.05, 3.63) is 77.1 Å². The molecule has 4 rings (SSSR count). The minimum absolute atomic E-state index is 0.0313. The van der Waals surface area contributed by atoms with Crippen molar-refractivity contribution in [1.29, 1.82) is 5.26 Å². The maximum atomic E-state index is 14.0. The first-order valence-electron chi connectivity index (χ1n) is 12.6. The highest BCUT2D eigenvalue weighted by Gasteiger charge is 2.37. The maximum absolute atomic E-state index is 14.0. The van der Waals surface area contributed by atoms with Gasteiger partial charge in [-0.25, -0.2) is 4.79 Å². The summed E-state index contributed by atoms with van der Waals surface area (Å²) >= 11 is 0. The van der Waals surface area contributed by atoms with Gasteiger partial charge in [-0.15, -0.1) is 10.2 Å². The van der Waals surface area contributed by atoms with Gasteiger partial charge < -0.3 is 14.9 Å². The number of benzene rings is 2. The van der Waals surface area contributed by atoms with Crippen molar-refractivity contribution in [3.8, 4) is 6.07 Å². The summed E-state index contributed by atoms with van der Waals surface area (Å²) < 4.78 is 11.9. The molecule has 0 aliphatic rings. The number of hydrogen-bond acceptors (Lipinski definition) is 10. The average Bonchev–Trinajstić information content (AvgIpc) is 3.56. The summed E-state index contributed by atoms with van der Waals surface area (Å²) in [6.45, 7) is 6.99. The van der Waals surface area contributed by atoms with E-state index in [4.69, 9.17) is 20.1 Å². The first-order chi connectivity index (χ1) is 19.0. The number of esters is 1. The molecule has 2 aromatic heterocycles. The summed E-state index contributed by atoms with van der Waals surface area (Å²) in [7, 11) is 0. The normalized spacial score (nSPS) is 12.1. The molecule has 2 amide bonds. The van der Waals surface area contributed by atoms with Crippen LogP contribution in [-0.4, -0.2) is 55.3 Å². The molecule has 0 saturated carbocycles. The molecule has 12 heteroatoms. The minimum atomic E-state index is -1.05. The highest BCUT2D eigenvalue weighted by Crippen LogP contribution is 2.25. The van der Waals surface area contributed by atoms with E-state index in [1.807, 2.05) is 24.3 Å². The Morgan fingerprint density at radius 2 is 1.82 bits per heavy atom. The van der Waals surface area contributed by atoms with Crippen molar-refractivity contribution in [3.63, 3.8) is 0 Å². The van der Waals surface area contributed by atoms with E-state index >= 15 is 0 Å². The van der Waals surface area contributed by atoms with E-state index in [1.165, 1.54) is 0 Å². The molecule has 1 atom stereocenters. The van der Waals surface area contributed by atoms with Crippen molar-refractivity contribution >= 4 is 28.7 Å². The van der Waals surface area contributed by atoms with Crippen molar-refractivity contribution in [2.45, 2.75) is 46.8 Å². The van der Waals surface area contributed by atoms with Gasteiger partial charge in [0, 0.05) is 5.39 Å². The van der Waals surface area contributed by atoms with Gasteiger partial charge in [0.2, 0.25) is 11.8 Å². The largest absolute Gasteiger partial charge is 0.459 e. The fourth-order valence-electron chi connectivity index (χ4n) is 3.91. The van der Waals surface area contributed by atoms with Crippen LogP contribution >= 0.6 is 0 Å². The topological polar surface area (TPSA) is 170 Å². The van der Waals surface area contributed by atoms with Crippen LogP contribution in [0.3, 0.4) is 0 Å². The average molecular weight is 544 g/mol. The Morgan fingerprint density at radius 1 is 1.12 bits per heavy atom. The number of hydrogen-bond donors (Lipinski definition) is 1. The number of imide groups is 1. The number of rotatable bonds is 8. The van der Waals surface area contributed by atoms with Crippen LogP contribution in [0.2, 0.25) is 0 Å². The molecular formula is C28H29N7O5. The molecule has 0 bridgehead atoms. The molecule has 2 N–H and O–H groups in total. The number of nitrogens with two attached hydrogens (primary N) is 1. The van der Waals surface area contributed by atoms with E-state index in [1.54, 1.807) is 56.6 Å². The molecule has 40 heavy (non-hydrogen) atoms. The molecule has 0 saturated heterocycles. The van der Waals surface area contributed by atoms with Crippen LogP contribution in [-0.2, 0) is 22.6 Å². The summed E-state index contributed by atoms with van der Waals surface area (Å²) in [6, 6.07) is 15.2. The van der Waals surface area contributed by atoms with Gasteiger partial charge in [0.15, 0.2) is 5.69 Å². The monoisotopic (exact) mass is 543 g/mol. The van der Waals surface area contributed by atoms with Crippen LogP contribution in [0.5, 0.6) is 0 Å². The Kier molecular flexibility index (Phi) is 8.06. The Balaban J connectivity index is 1.73. The fraction of sp³-hybridized carbons (Fsp3) is 0.321. The third kappa shape index (κ3) is 5.89. The van der Waals surface area contributed by atoms with Gasteiger partial charge in [0.25, 0.3) is 5.91 Å². The maximum Gasteiger partial charge on any atom is 0.396 e. The van der Waals surface area contributed by atoms with Gasteiger partial charge in [-0.3, -0.25) is 19.2 Å². The van der Waals surface area contributed by atoms with Gasteiger partial charge in [0.1, 0.15) is 6.54 Å². The number of aromatic nitrogens is 4. The van der Waals surface area contributed by atoms with E-state index in [0.29, 0.717) is 23.0 Å². The lowest BCUT2D eigenvalue weighted by atomic mass is 9.86. The Hall–Kier alpha value is -4.89. The standard InChI is InChI=1S/C28H29N7O5/c1-5-39-27(38)24-32-31-21(40-24)16-34(26(37)23(30)28(2,3)4)25(36)22-19-8-6-7-9-20(19)35(33-22)15-18-12-10-17(14-29)11-13-18/h6-13,23H,5,15-16,30H2,1-4H3/t23-/m1/s1. The summed E-state index contributed by atoms with van der Waals surface area (Å²) in [5.74, 6) is -2.74. The Bertz CT molecular complexity index is 1590. The molecule has 0 fully saturated rings. The summed E-state index contributed by atoms with van der Waals surface area (Å²) in [6.07, 6.45) is 0. The minimum Gasteiger partial charge on any atom is -0.459 e. The van der Waals surface area contributed by atoms with Gasteiger partial charge in [0.05, 0.1) is 36.3 Å². The smallest absolute Gasteiger partial charge is 0.396 e.